The van der Waals surface area contributed by atoms with Crippen LogP contribution in [0.1, 0.15) is 0 Å². The molecule has 0 aromatic rings. The summed E-state index contributed by atoms with van der Waals surface area (Å²) in [6.07, 6.45) is 0. The maximum absolute atomic E-state index is 8.91. The Morgan fingerprint density at radius 2 is 0.407 bits per heavy atom. The predicted molar refractivity (Wildman–Crippen MR) is 79.5 cm³/mol. The minimum atomic E-state index is -4.86. The molecular weight excluding hydrogens is 423 g/mol. The summed E-state index contributed by atoms with van der Waals surface area (Å²) in [7, 11) is -15.7. The molecule has 0 amide bonds. The Morgan fingerprint density at radius 3 is 0.407 bits per heavy atom. The van der Waals surface area contributed by atoms with Gasteiger partial charge in [0.1, 0.15) is 0 Å². The molecule has 0 aliphatic carbocycles. The fraction of sp³-hybridized carbons (Fsp3) is 0. The van der Waals surface area contributed by atoms with Gasteiger partial charge in [-0.2, -0.15) is 0 Å². The van der Waals surface area contributed by atoms with Crippen LogP contribution in [-0.4, -0.2) is 135 Å². The van der Waals surface area contributed by atoms with Crippen molar-refractivity contribution in [3.63, 3.8) is 0 Å². The average molecular weight is 444 g/mol. The van der Waals surface area contributed by atoms with Gasteiger partial charge in [0.15, 0.2) is 0 Å². The summed E-state index contributed by atoms with van der Waals surface area (Å²) in [6, 6.07) is 0. The molecular formula is H21B5NNaO19Si. The van der Waals surface area contributed by atoms with E-state index in [0.717, 1.165) is 0 Å². The molecule has 0 aliphatic heterocycles. The number of hydrogen-bond acceptors (Lipinski definition) is 20. The fourth-order valence-electron chi connectivity index (χ4n) is 0. The molecule has 27 heavy (non-hydrogen) atoms. The van der Waals surface area contributed by atoms with E-state index in [1.807, 2.05) is 0 Å². The largest absolute Gasteiger partial charge is 1.00 e. The van der Waals surface area contributed by atoms with Crippen molar-refractivity contribution in [3.8, 4) is 0 Å². The van der Waals surface area contributed by atoms with E-state index in [-0.39, 0.29) is 35.7 Å². The zero-order chi connectivity index (χ0) is 22.4. The zero-order valence-corrected chi connectivity index (χ0v) is 16.6. The molecule has 20 nitrogen and oxygen atoms in total. The van der Waals surface area contributed by atoms with Gasteiger partial charge in [-0.1, -0.05) is 0 Å². The SMILES string of the molecule is N.OB(O)O.OB(O)O.OB(O)O.OB(O)O.OB(O)O.[Na+].[O-][Si](O)(O)O. The van der Waals surface area contributed by atoms with Gasteiger partial charge in [-0.05, 0) is 0 Å². The van der Waals surface area contributed by atoms with E-state index in [9.17, 15) is 0 Å². The van der Waals surface area contributed by atoms with Gasteiger partial charge in [0.25, 0.3) is 0 Å². The molecule has 0 aromatic carbocycles. The monoisotopic (exact) mass is 445 g/mol. The van der Waals surface area contributed by atoms with Crippen LogP contribution < -0.4 is 40.5 Å². The van der Waals surface area contributed by atoms with Crippen LogP contribution >= 0.6 is 0 Å². The van der Waals surface area contributed by atoms with Gasteiger partial charge in [0.2, 0.25) is 0 Å². The van der Waals surface area contributed by atoms with E-state index in [0.29, 0.717) is 0 Å². The second kappa shape index (κ2) is 37.5. The van der Waals surface area contributed by atoms with Crippen LogP contribution in [0.25, 0.3) is 0 Å². The first-order valence-corrected chi connectivity index (χ1v) is 6.50. The first kappa shape index (κ1) is 50.9. The van der Waals surface area contributed by atoms with Gasteiger partial charge in [0.05, 0.1) is 0 Å². The maximum atomic E-state index is 8.91. The van der Waals surface area contributed by atoms with E-state index in [1.54, 1.807) is 0 Å². The molecule has 0 radical (unpaired) electrons. The molecule has 21 N–H and O–H groups in total. The van der Waals surface area contributed by atoms with Gasteiger partial charge in [-0.3, -0.25) is 0 Å². The molecule has 0 spiro atoms. The standard InChI is InChI=1S/5BH3O3.H3N.Na.H3O4Si/c5*2-1(3)4;;;1-5(2,3)4/h5*2-4H;1H3;;1-3H/q;;;;;;+1;-1. The predicted octanol–water partition coefficient (Wildman–Crippen LogP) is -16.3. The molecule has 0 saturated carbocycles. The van der Waals surface area contributed by atoms with E-state index in [1.165, 1.54) is 0 Å². The van der Waals surface area contributed by atoms with Crippen LogP contribution in [0.4, 0.5) is 0 Å². The third kappa shape index (κ3) is 29800. The van der Waals surface area contributed by atoms with Gasteiger partial charge in [-0.25, -0.2) is 0 Å². The molecule has 0 unspecified atom stereocenters. The smallest absolute Gasteiger partial charge is 0.794 e. The Labute approximate surface area is 176 Å². The maximum Gasteiger partial charge on any atom is 1.00 e. The molecule has 160 valence electrons. The van der Waals surface area contributed by atoms with Crippen LogP contribution in [-0.2, 0) is 0 Å². The molecule has 0 bridgehead atoms. The van der Waals surface area contributed by atoms with Crippen LogP contribution in [0.5, 0.6) is 0 Å². The number of hydrogen-bond donors (Lipinski definition) is 19. The van der Waals surface area contributed by atoms with E-state index >= 15 is 0 Å². The molecule has 0 fully saturated rings. The van der Waals surface area contributed by atoms with Crippen molar-refractivity contribution in [2.75, 3.05) is 0 Å². The second-order valence-corrected chi connectivity index (χ2v) is 3.45. The van der Waals surface area contributed by atoms with Gasteiger partial charge in [-0.15, -0.1) is 0 Å². The van der Waals surface area contributed by atoms with Crippen molar-refractivity contribution in [2.45, 2.75) is 0 Å². The van der Waals surface area contributed by atoms with Gasteiger partial charge >= 0.3 is 75.2 Å². The molecule has 0 aromatic heterocycles. The molecule has 0 atom stereocenters. The summed E-state index contributed by atoms with van der Waals surface area (Å²) in [6.45, 7) is 0. The van der Waals surface area contributed by atoms with Crippen molar-refractivity contribution in [2.24, 2.45) is 0 Å². The van der Waals surface area contributed by atoms with Crippen molar-refractivity contribution in [1.29, 1.82) is 0 Å². The van der Waals surface area contributed by atoms with Crippen molar-refractivity contribution < 1.29 is 124 Å². The summed E-state index contributed by atoms with van der Waals surface area (Å²) in [5.41, 5.74) is 0. The summed E-state index contributed by atoms with van der Waals surface area (Å²) < 4.78 is 0. The Morgan fingerprint density at radius 1 is 0.407 bits per heavy atom. The normalized spacial score (nSPS) is 7.22. The van der Waals surface area contributed by atoms with E-state index in [4.69, 9.17) is 94.5 Å². The second-order valence-electron chi connectivity index (χ2n) is 2.31. The van der Waals surface area contributed by atoms with Crippen LogP contribution in [0, 0.1) is 0 Å². The first-order valence-electron chi connectivity index (χ1n) is 4.75. The summed E-state index contributed by atoms with van der Waals surface area (Å²) >= 11 is 0. The Bertz CT molecular complexity index is 146. The first-order chi connectivity index (χ1) is 10.7. The molecule has 0 saturated heterocycles. The Balaban J connectivity index is -0.0000000264. The van der Waals surface area contributed by atoms with E-state index < -0.39 is 45.7 Å². The summed E-state index contributed by atoms with van der Waals surface area (Å²) in [5, 5.41) is 108. The van der Waals surface area contributed by atoms with E-state index in [2.05, 4.69) is 0 Å². The van der Waals surface area contributed by atoms with Crippen molar-refractivity contribution >= 4 is 45.7 Å². The third-order valence-corrected chi connectivity index (χ3v) is 0. The quantitative estimate of drug-likeness (QED) is 0.154. The average Bonchev–Trinajstić information content (AvgIpc) is 2.06. The third-order valence-electron chi connectivity index (χ3n) is 0. The molecule has 0 rings (SSSR count). The van der Waals surface area contributed by atoms with Crippen molar-refractivity contribution in [3.05, 3.63) is 0 Å². The van der Waals surface area contributed by atoms with Gasteiger partial charge in [0, 0.05) is 0 Å². The summed E-state index contributed by atoms with van der Waals surface area (Å²) in [4.78, 5) is 30.6. The topological polar surface area (TPSA) is 422 Å². The fourth-order valence-corrected chi connectivity index (χ4v) is 0. The molecule has 0 heterocycles. The zero-order valence-electron chi connectivity index (χ0n) is 13.6. The van der Waals surface area contributed by atoms with Crippen molar-refractivity contribution in [1.82, 2.24) is 6.15 Å². The molecule has 0 aliphatic rings. The molecule has 27 heteroatoms. The Kier molecular flexibility index (Phi) is 70.7. The van der Waals surface area contributed by atoms with Crippen LogP contribution in [0.3, 0.4) is 0 Å². The summed E-state index contributed by atoms with van der Waals surface area (Å²) in [5.74, 6) is 0. The van der Waals surface area contributed by atoms with Crippen LogP contribution in [0.15, 0.2) is 0 Å². The Hall–Kier alpha value is 0.742. The number of rotatable bonds is 0. The van der Waals surface area contributed by atoms with Gasteiger partial charge < -0.3 is 101 Å². The van der Waals surface area contributed by atoms with Crippen LogP contribution in [0.2, 0.25) is 0 Å². The minimum absolute atomic E-state index is 0. The minimum Gasteiger partial charge on any atom is -0.794 e.